The Hall–Kier alpha value is -3.35. The SMILES string of the molecule is CC(C)C(=O)OC1C2CC3C(=O)OC1C3C2.CCc1ccc(C(=O)OC(C)(C)C(C)C)cc1.CCc1ccc(O)cc1. The Labute approximate surface area is 250 Å². The van der Waals surface area contributed by atoms with Crippen molar-refractivity contribution in [3.63, 3.8) is 0 Å². The van der Waals surface area contributed by atoms with Gasteiger partial charge < -0.3 is 19.3 Å². The van der Waals surface area contributed by atoms with Crippen LogP contribution >= 0.6 is 0 Å². The second kappa shape index (κ2) is 14.2. The number of hydrogen-bond donors (Lipinski definition) is 1. The standard InChI is InChI=1S/C15H22O2.C12H16O4.C8H10O/c1-6-12-7-9-13(10-8-12)14(16)17-15(4,5)11(2)3;1-5(2)11(13)15-9-6-3-7-8(4-6)12(14)16-10(7)9;1-2-7-3-5-8(9)6-4-7/h7-11H,6H2,1-5H3;5-10H,3-4H2,1-2H3;3-6,9H,2H2,1H3. The first-order chi connectivity index (χ1) is 19.8. The molecule has 1 N–H and O–H groups in total. The molecule has 5 rings (SSSR count). The molecule has 230 valence electrons. The van der Waals surface area contributed by atoms with E-state index in [0.717, 1.165) is 25.7 Å². The van der Waals surface area contributed by atoms with Crippen molar-refractivity contribution in [1.82, 2.24) is 0 Å². The molecule has 0 amide bonds. The van der Waals surface area contributed by atoms with Crippen LogP contribution in [0.5, 0.6) is 5.75 Å². The molecule has 7 nitrogen and oxygen atoms in total. The Morgan fingerprint density at radius 1 is 0.929 bits per heavy atom. The molecule has 2 bridgehead atoms. The summed E-state index contributed by atoms with van der Waals surface area (Å²) >= 11 is 0. The summed E-state index contributed by atoms with van der Waals surface area (Å²) < 4.78 is 16.3. The van der Waals surface area contributed by atoms with Gasteiger partial charge in [0, 0.05) is 11.8 Å². The van der Waals surface area contributed by atoms with Gasteiger partial charge in [0.05, 0.1) is 17.4 Å². The van der Waals surface area contributed by atoms with Gasteiger partial charge in [0.1, 0.15) is 23.6 Å². The van der Waals surface area contributed by atoms with E-state index in [1.165, 1.54) is 11.1 Å². The molecule has 5 atom stereocenters. The van der Waals surface area contributed by atoms with Crippen LogP contribution in [0.4, 0.5) is 0 Å². The van der Waals surface area contributed by atoms with Gasteiger partial charge in [-0.2, -0.15) is 0 Å². The molecule has 2 aliphatic carbocycles. The molecule has 5 unspecified atom stereocenters. The first kappa shape index (κ1) is 33.2. The monoisotopic (exact) mass is 580 g/mol. The van der Waals surface area contributed by atoms with Crippen LogP contribution in [0.25, 0.3) is 0 Å². The molecule has 3 fully saturated rings. The Balaban J connectivity index is 0.000000181. The largest absolute Gasteiger partial charge is 0.508 e. The number of carbonyl (C=O) groups is 3. The van der Waals surface area contributed by atoms with Crippen LogP contribution in [0, 0.1) is 29.6 Å². The Kier molecular flexibility index (Phi) is 11.2. The third-order valence-electron chi connectivity index (χ3n) is 8.83. The van der Waals surface area contributed by atoms with Crippen molar-refractivity contribution in [1.29, 1.82) is 0 Å². The average molecular weight is 581 g/mol. The number of phenolic OH excluding ortho intramolecular Hbond substituents is 1. The van der Waals surface area contributed by atoms with Crippen molar-refractivity contribution in [2.45, 2.75) is 98.9 Å². The number of aryl methyl sites for hydroxylation is 2. The van der Waals surface area contributed by atoms with E-state index in [-0.39, 0.29) is 42.0 Å². The highest BCUT2D eigenvalue weighted by Crippen LogP contribution is 2.55. The average Bonchev–Trinajstić information content (AvgIpc) is 3.59. The minimum atomic E-state index is -0.430. The number of phenols is 1. The minimum Gasteiger partial charge on any atom is -0.508 e. The third kappa shape index (κ3) is 8.14. The van der Waals surface area contributed by atoms with Crippen LogP contribution < -0.4 is 0 Å². The molecule has 1 aliphatic heterocycles. The van der Waals surface area contributed by atoms with Gasteiger partial charge in [-0.25, -0.2) is 4.79 Å². The van der Waals surface area contributed by atoms with Crippen LogP contribution in [0.1, 0.15) is 89.7 Å². The lowest BCUT2D eigenvalue weighted by molar-refractivity contribution is -0.164. The fourth-order valence-corrected chi connectivity index (χ4v) is 5.36. The quantitative estimate of drug-likeness (QED) is 0.280. The van der Waals surface area contributed by atoms with Crippen molar-refractivity contribution >= 4 is 17.9 Å². The zero-order valence-electron chi connectivity index (χ0n) is 26.4. The van der Waals surface area contributed by atoms with E-state index in [1.807, 2.05) is 77.9 Å². The molecule has 2 aromatic rings. The summed E-state index contributed by atoms with van der Waals surface area (Å²) in [6.45, 7) is 15.8. The highest BCUT2D eigenvalue weighted by atomic mass is 16.6. The summed E-state index contributed by atoms with van der Waals surface area (Å²) in [5.74, 6) is 0.741. The molecule has 0 spiro atoms. The van der Waals surface area contributed by atoms with Gasteiger partial charge in [0.2, 0.25) is 0 Å². The molecule has 2 aromatic carbocycles. The molecular weight excluding hydrogens is 532 g/mol. The van der Waals surface area contributed by atoms with E-state index in [2.05, 4.69) is 13.8 Å². The topological polar surface area (TPSA) is 99.1 Å². The molecule has 2 saturated carbocycles. The summed E-state index contributed by atoms with van der Waals surface area (Å²) in [7, 11) is 0. The number of carbonyl (C=O) groups excluding carboxylic acids is 3. The molecule has 3 aliphatic rings. The van der Waals surface area contributed by atoms with E-state index in [9.17, 15) is 14.4 Å². The van der Waals surface area contributed by atoms with Crippen LogP contribution in [0.15, 0.2) is 48.5 Å². The zero-order chi connectivity index (χ0) is 31.2. The predicted molar refractivity (Wildman–Crippen MR) is 162 cm³/mol. The smallest absolute Gasteiger partial charge is 0.338 e. The van der Waals surface area contributed by atoms with Gasteiger partial charge in [-0.05, 0) is 80.8 Å². The Morgan fingerprint density at radius 3 is 1.98 bits per heavy atom. The summed E-state index contributed by atoms with van der Waals surface area (Å²) in [5.41, 5.74) is 2.67. The lowest BCUT2D eigenvalue weighted by atomic mass is 9.88. The Bertz CT molecular complexity index is 1200. The van der Waals surface area contributed by atoms with Crippen molar-refractivity contribution in [3.8, 4) is 5.75 Å². The van der Waals surface area contributed by atoms with E-state index >= 15 is 0 Å². The van der Waals surface area contributed by atoms with Crippen LogP contribution in [-0.2, 0) is 36.6 Å². The van der Waals surface area contributed by atoms with Gasteiger partial charge in [0.25, 0.3) is 0 Å². The maximum atomic E-state index is 11.9. The molecule has 42 heavy (non-hydrogen) atoms. The first-order valence-corrected chi connectivity index (χ1v) is 15.3. The fourth-order valence-electron chi connectivity index (χ4n) is 5.36. The van der Waals surface area contributed by atoms with Crippen molar-refractivity contribution in [2.75, 3.05) is 0 Å². The van der Waals surface area contributed by atoms with Crippen LogP contribution in [-0.4, -0.2) is 40.8 Å². The van der Waals surface area contributed by atoms with Gasteiger partial charge in [-0.1, -0.05) is 65.8 Å². The molecule has 0 radical (unpaired) electrons. The summed E-state index contributed by atoms with van der Waals surface area (Å²) in [4.78, 5) is 35.0. The number of aromatic hydroxyl groups is 1. The zero-order valence-corrected chi connectivity index (χ0v) is 26.4. The number of fused-ring (bicyclic) bond motifs is 1. The Morgan fingerprint density at radius 2 is 1.48 bits per heavy atom. The van der Waals surface area contributed by atoms with Crippen molar-refractivity contribution in [3.05, 3.63) is 65.2 Å². The second-order valence-corrected chi connectivity index (χ2v) is 12.7. The predicted octanol–water partition coefficient (Wildman–Crippen LogP) is 6.93. The van der Waals surface area contributed by atoms with Gasteiger partial charge in [-0.15, -0.1) is 0 Å². The van der Waals surface area contributed by atoms with E-state index in [0.29, 0.717) is 29.1 Å². The van der Waals surface area contributed by atoms with Crippen LogP contribution in [0.3, 0.4) is 0 Å². The highest BCUT2D eigenvalue weighted by molar-refractivity contribution is 5.89. The number of esters is 3. The fraction of sp³-hybridized carbons (Fsp3) is 0.571. The molecule has 1 saturated heterocycles. The van der Waals surface area contributed by atoms with Crippen LogP contribution in [0.2, 0.25) is 0 Å². The summed E-state index contributed by atoms with van der Waals surface area (Å²) in [6, 6.07) is 14.9. The number of rotatable bonds is 7. The molecule has 7 heteroatoms. The lowest BCUT2D eigenvalue weighted by Crippen LogP contribution is -2.36. The van der Waals surface area contributed by atoms with Gasteiger partial charge in [0.15, 0.2) is 0 Å². The molecule has 1 heterocycles. The summed E-state index contributed by atoms with van der Waals surface area (Å²) in [6.07, 6.45) is 3.50. The molecule has 0 aromatic heterocycles. The van der Waals surface area contributed by atoms with Gasteiger partial charge >= 0.3 is 17.9 Å². The van der Waals surface area contributed by atoms with Gasteiger partial charge in [-0.3, -0.25) is 9.59 Å². The maximum Gasteiger partial charge on any atom is 0.338 e. The normalized spacial score (nSPS) is 23.5. The van der Waals surface area contributed by atoms with E-state index in [1.54, 1.807) is 12.1 Å². The van der Waals surface area contributed by atoms with Crippen molar-refractivity contribution < 1.29 is 33.7 Å². The number of ether oxygens (including phenoxy) is 3. The summed E-state index contributed by atoms with van der Waals surface area (Å²) in [5, 5.41) is 8.85. The minimum absolute atomic E-state index is 0.0828. The maximum absolute atomic E-state index is 11.9. The highest BCUT2D eigenvalue weighted by Gasteiger charge is 2.63. The number of benzene rings is 2. The second-order valence-electron chi connectivity index (χ2n) is 12.7. The third-order valence-corrected chi connectivity index (χ3v) is 8.83. The van der Waals surface area contributed by atoms with E-state index in [4.69, 9.17) is 19.3 Å². The van der Waals surface area contributed by atoms with E-state index < -0.39 is 5.60 Å². The molecular formula is C35H48O7. The van der Waals surface area contributed by atoms with Crippen molar-refractivity contribution in [2.24, 2.45) is 29.6 Å². The lowest BCUT2D eigenvalue weighted by Gasteiger charge is -2.29. The number of hydrogen-bond acceptors (Lipinski definition) is 7. The first-order valence-electron chi connectivity index (χ1n) is 15.3.